The molecule has 8 heteroatoms. The highest BCUT2D eigenvalue weighted by atomic mass is 127. The lowest BCUT2D eigenvalue weighted by atomic mass is 10.2. The van der Waals surface area contributed by atoms with Gasteiger partial charge in [-0.25, -0.2) is 4.99 Å². The molecule has 1 amide bonds. The number of hydrogen-bond donors (Lipinski definition) is 2. The van der Waals surface area contributed by atoms with Crippen molar-refractivity contribution in [2.75, 3.05) is 53.4 Å². The SMILES string of the molecule is CCN1CCCC1CNC(=NCC(=O)N(C)C)NCCOc1ccccc1.I. The van der Waals surface area contributed by atoms with Crippen LogP contribution in [0.25, 0.3) is 0 Å². The number of benzene rings is 1. The molecule has 1 atom stereocenters. The first kappa shape index (κ1) is 24.5. The molecule has 0 spiro atoms. The second kappa shape index (κ2) is 13.6. The second-order valence-corrected chi connectivity index (χ2v) is 6.85. The fourth-order valence-corrected chi connectivity index (χ4v) is 3.07. The van der Waals surface area contributed by atoms with Gasteiger partial charge in [-0.15, -0.1) is 24.0 Å². The van der Waals surface area contributed by atoms with E-state index in [1.807, 2.05) is 30.3 Å². The summed E-state index contributed by atoms with van der Waals surface area (Å²) in [7, 11) is 3.48. The maximum absolute atomic E-state index is 11.9. The number of halogens is 1. The summed E-state index contributed by atoms with van der Waals surface area (Å²) in [6, 6.07) is 10.2. The number of likely N-dealkylation sites (N-methyl/N-ethyl adjacent to an activating group) is 2. The van der Waals surface area contributed by atoms with Crippen molar-refractivity contribution in [3.63, 3.8) is 0 Å². The summed E-state index contributed by atoms with van der Waals surface area (Å²) in [5.74, 6) is 1.48. The van der Waals surface area contributed by atoms with E-state index in [4.69, 9.17) is 4.74 Å². The molecule has 1 heterocycles. The summed E-state index contributed by atoms with van der Waals surface area (Å²) in [6.45, 7) is 6.51. The lowest BCUT2D eigenvalue weighted by Crippen LogP contribution is -2.46. The number of rotatable bonds is 9. The summed E-state index contributed by atoms with van der Waals surface area (Å²) in [5.41, 5.74) is 0. The Bertz CT molecular complexity index is 598. The maximum Gasteiger partial charge on any atom is 0.243 e. The quantitative estimate of drug-likeness (QED) is 0.233. The van der Waals surface area contributed by atoms with Crippen molar-refractivity contribution >= 4 is 35.8 Å². The lowest BCUT2D eigenvalue weighted by molar-refractivity contribution is -0.127. The Morgan fingerprint density at radius 3 is 2.71 bits per heavy atom. The van der Waals surface area contributed by atoms with Gasteiger partial charge in [0, 0.05) is 26.7 Å². The molecule has 158 valence electrons. The molecule has 1 aromatic rings. The number of ether oxygens (including phenoxy) is 1. The van der Waals surface area contributed by atoms with E-state index in [1.165, 1.54) is 12.8 Å². The van der Waals surface area contributed by atoms with E-state index < -0.39 is 0 Å². The molecule has 28 heavy (non-hydrogen) atoms. The van der Waals surface area contributed by atoms with E-state index >= 15 is 0 Å². The van der Waals surface area contributed by atoms with Gasteiger partial charge in [0.25, 0.3) is 0 Å². The first-order valence-corrected chi connectivity index (χ1v) is 9.74. The summed E-state index contributed by atoms with van der Waals surface area (Å²) < 4.78 is 5.70. The van der Waals surface area contributed by atoms with Crippen molar-refractivity contribution < 1.29 is 9.53 Å². The number of likely N-dealkylation sites (tertiary alicyclic amines) is 1. The van der Waals surface area contributed by atoms with Crippen LogP contribution in [0.4, 0.5) is 0 Å². The van der Waals surface area contributed by atoms with Crippen molar-refractivity contribution in [1.82, 2.24) is 20.4 Å². The van der Waals surface area contributed by atoms with Crippen molar-refractivity contribution in [2.24, 2.45) is 4.99 Å². The topological polar surface area (TPSA) is 69.2 Å². The van der Waals surface area contributed by atoms with Gasteiger partial charge in [0.2, 0.25) is 5.91 Å². The molecule has 1 aliphatic heterocycles. The molecule has 0 bridgehead atoms. The number of guanidine groups is 1. The Balaban J connectivity index is 0.00000392. The third-order valence-corrected chi connectivity index (χ3v) is 4.69. The van der Waals surface area contributed by atoms with Crippen LogP contribution in [-0.2, 0) is 4.79 Å². The number of carbonyl (C=O) groups is 1. The van der Waals surface area contributed by atoms with Gasteiger partial charge >= 0.3 is 0 Å². The van der Waals surface area contributed by atoms with E-state index in [-0.39, 0.29) is 36.4 Å². The molecule has 1 aliphatic rings. The summed E-state index contributed by atoms with van der Waals surface area (Å²) >= 11 is 0. The van der Waals surface area contributed by atoms with Crippen molar-refractivity contribution in [3.8, 4) is 5.75 Å². The van der Waals surface area contributed by atoms with Gasteiger partial charge < -0.3 is 20.3 Å². The predicted molar refractivity (Wildman–Crippen MR) is 125 cm³/mol. The average molecular weight is 503 g/mol. The molecule has 1 unspecified atom stereocenters. The van der Waals surface area contributed by atoms with Gasteiger partial charge in [0.15, 0.2) is 5.96 Å². The van der Waals surface area contributed by atoms with Crippen LogP contribution in [-0.4, -0.2) is 81.1 Å². The fourth-order valence-electron chi connectivity index (χ4n) is 3.07. The minimum atomic E-state index is -0.0207. The van der Waals surface area contributed by atoms with Crippen LogP contribution in [0.1, 0.15) is 19.8 Å². The first-order chi connectivity index (χ1) is 13.1. The second-order valence-electron chi connectivity index (χ2n) is 6.85. The fraction of sp³-hybridized carbons (Fsp3) is 0.600. The van der Waals surface area contributed by atoms with Crippen molar-refractivity contribution in [1.29, 1.82) is 0 Å². The maximum atomic E-state index is 11.9. The Kier molecular flexibility index (Phi) is 11.9. The molecule has 0 saturated carbocycles. The molecule has 0 aromatic heterocycles. The zero-order valence-electron chi connectivity index (χ0n) is 17.2. The Morgan fingerprint density at radius 1 is 1.29 bits per heavy atom. The zero-order valence-corrected chi connectivity index (χ0v) is 19.5. The number of nitrogens with one attached hydrogen (secondary N) is 2. The van der Waals surface area contributed by atoms with E-state index in [9.17, 15) is 4.79 Å². The highest BCUT2D eigenvalue weighted by Gasteiger charge is 2.22. The molecule has 0 radical (unpaired) electrons. The van der Waals surface area contributed by atoms with E-state index in [0.717, 1.165) is 25.4 Å². The van der Waals surface area contributed by atoms with Crippen LogP contribution in [0.5, 0.6) is 5.75 Å². The molecular formula is C20H34IN5O2. The Hall–Kier alpha value is -1.55. The molecule has 1 fully saturated rings. The first-order valence-electron chi connectivity index (χ1n) is 9.74. The molecule has 2 rings (SSSR count). The van der Waals surface area contributed by atoms with Gasteiger partial charge in [0.05, 0.1) is 6.54 Å². The number of para-hydroxylation sites is 1. The van der Waals surface area contributed by atoms with Crippen LogP contribution < -0.4 is 15.4 Å². The van der Waals surface area contributed by atoms with E-state index in [2.05, 4.69) is 27.4 Å². The van der Waals surface area contributed by atoms with Gasteiger partial charge in [-0.1, -0.05) is 25.1 Å². The van der Waals surface area contributed by atoms with E-state index in [0.29, 0.717) is 25.2 Å². The molecule has 2 N–H and O–H groups in total. The Morgan fingerprint density at radius 2 is 2.04 bits per heavy atom. The minimum absolute atomic E-state index is 0. The number of hydrogen-bond acceptors (Lipinski definition) is 4. The van der Waals surface area contributed by atoms with Crippen LogP contribution in [0, 0.1) is 0 Å². The number of nitrogens with zero attached hydrogens (tertiary/aromatic N) is 3. The molecular weight excluding hydrogens is 469 g/mol. The highest BCUT2D eigenvalue weighted by Crippen LogP contribution is 2.15. The average Bonchev–Trinajstić information content (AvgIpc) is 3.14. The summed E-state index contributed by atoms with van der Waals surface area (Å²) in [5, 5.41) is 6.66. The third kappa shape index (κ3) is 8.64. The highest BCUT2D eigenvalue weighted by molar-refractivity contribution is 14.0. The largest absolute Gasteiger partial charge is 0.492 e. The third-order valence-electron chi connectivity index (χ3n) is 4.69. The lowest BCUT2D eigenvalue weighted by Gasteiger charge is -2.24. The zero-order chi connectivity index (χ0) is 19.5. The van der Waals surface area contributed by atoms with Crippen molar-refractivity contribution in [3.05, 3.63) is 30.3 Å². The van der Waals surface area contributed by atoms with Gasteiger partial charge in [-0.05, 0) is 38.1 Å². The molecule has 1 saturated heterocycles. The normalized spacial score (nSPS) is 17.0. The smallest absolute Gasteiger partial charge is 0.243 e. The van der Waals surface area contributed by atoms with Crippen molar-refractivity contribution in [2.45, 2.75) is 25.8 Å². The molecule has 1 aromatic carbocycles. The monoisotopic (exact) mass is 503 g/mol. The number of amides is 1. The number of carbonyl (C=O) groups excluding carboxylic acids is 1. The minimum Gasteiger partial charge on any atom is -0.492 e. The predicted octanol–water partition coefficient (Wildman–Crippen LogP) is 1.79. The Labute approximate surface area is 185 Å². The number of aliphatic imine (C=N–C) groups is 1. The van der Waals surface area contributed by atoms with Crippen LogP contribution >= 0.6 is 24.0 Å². The van der Waals surface area contributed by atoms with Gasteiger partial charge in [-0.2, -0.15) is 0 Å². The summed E-state index contributed by atoms with van der Waals surface area (Å²) in [6.07, 6.45) is 2.44. The standard InChI is InChI=1S/C20H33N5O2.HI/c1-4-25-13-8-9-17(25)15-22-20(23-16-19(26)24(2)3)21-12-14-27-18-10-6-5-7-11-18;/h5-7,10-11,17H,4,8-9,12-16H2,1-3H3,(H2,21,22,23);1H. The van der Waals surface area contributed by atoms with Gasteiger partial charge in [0.1, 0.15) is 18.9 Å². The van der Waals surface area contributed by atoms with Crippen LogP contribution in [0.15, 0.2) is 35.3 Å². The van der Waals surface area contributed by atoms with Crippen LogP contribution in [0.2, 0.25) is 0 Å². The van der Waals surface area contributed by atoms with E-state index in [1.54, 1.807) is 19.0 Å². The van der Waals surface area contributed by atoms with Crippen LogP contribution in [0.3, 0.4) is 0 Å². The molecule has 7 nitrogen and oxygen atoms in total. The molecule has 0 aliphatic carbocycles. The van der Waals surface area contributed by atoms with Gasteiger partial charge in [-0.3, -0.25) is 9.69 Å². The summed E-state index contributed by atoms with van der Waals surface area (Å²) in [4.78, 5) is 20.3.